The monoisotopic (exact) mass is 191 g/mol. The lowest BCUT2D eigenvalue weighted by molar-refractivity contribution is 0.0495. The highest BCUT2D eigenvalue weighted by molar-refractivity contribution is 5.68. The van der Waals surface area contributed by atoms with E-state index in [9.17, 15) is 9.18 Å². The molecule has 0 aromatic rings. The van der Waals surface area contributed by atoms with Gasteiger partial charge in [0.2, 0.25) is 0 Å². The first kappa shape index (κ1) is 12.2. The molecule has 0 aliphatic carbocycles. The van der Waals surface area contributed by atoms with Crippen molar-refractivity contribution in [2.45, 2.75) is 45.8 Å². The summed E-state index contributed by atoms with van der Waals surface area (Å²) in [7, 11) is 0. The summed E-state index contributed by atoms with van der Waals surface area (Å²) in [6, 6.07) is -0.435. The number of rotatable bonds is 3. The average Bonchev–Trinajstić information content (AvgIpc) is 1.96. The van der Waals surface area contributed by atoms with E-state index < -0.39 is 24.4 Å². The molecule has 0 heterocycles. The summed E-state index contributed by atoms with van der Waals surface area (Å²) >= 11 is 0. The van der Waals surface area contributed by atoms with Gasteiger partial charge in [0.1, 0.15) is 12.3 Å². The molecule has 1 atom stereocenters. The highest BCUT2D eigenvalue weighted by atomic mass is 19.1. The zero-order valence-electron chi connectivity index (χ0n) is 8.69. The number of hydrogen-bond donors (Lipinski definition) is 1. The van der Waals surface area contributed by atoms with Gasteiger partial charge in [0.05, 0.1) is 6.04 Å². The van der Waals surface area contributed by atoms with E-state index >= 15 is 0 Å². The molecule has 0 saturated heterocycles. The lowest BCUT2D eigenvalue weighted by Gasteiger charge is -2.21. The summed E-state index contributed by atoms with van der Waals surface area (Å²) in [5, 5.41) is 2.44. The van der Waals surface area contributed by atoms with Crippen molar-refractivity contribution in [2.75, 3.05) is 6.67 Å². The number of carbonyl (C=O) groups is 1. The Morgan fingerprint density at radius 2 is 2.08 bits per heavy atom. The van der Waals surface area contributed by atoms with Gasteiger partial charge in [-0.05, 0) is 27.2 Å². The Morgan fingerprint density at radius 1 is 1.54 bits per heavy atom. The zero-order valence-corrected chi connectivity index (χ0v) is 8.69. The van der Waals surface area contributed by atoms with Gasteiger partial charge in [0, 0.05) is 0 Å². The summed E-state index contributed by atoms with van der Waals surface area (Å²) in [6.07, 6.45) is 0.00689. The molecule has 0 aromatic carbocycles. The van der Waals surface area contributed by atoms with E-state index in [4.69, 9.17) is 4.74 Å². The second kappa shape index (κ2) is 5.04. The van der Waals surface area contributed by atoms with Crippen molar-refractivity contribution in [3.8, 4) is 0 Å². The first-order valence-electron chi connectivity index (χ1n) is 4.44. The van der Waals surface area contributed by atoms with Crippen molar-refractivity contribution in [2.24, 2.45) is 0 Å². The van der Waals surface area contributed by atoms with E-state index in [2.05, 4.69) is 5.32 Å². The van der Waals surface area contributed by atoms with Crippen LogP contribution in [0.1, 0.15) is 34.1 Å². The van der Waals surface area contributed by atoms with Crippen LogP contribution in [0.2, 0.25) is 0 Å². The van der Waals surface area contributed by atoms with Gasteiger partial charge in [-0.1, -0.05) is 6.92 Å². The minimum absolute atomic E-state index is 0.435. The van der Waals surface area contributed by atoms with Crippen LogP contribution in [0, 0.1) is 0 Å². The fourth-order valence-corrected chi connectivity index (χ4v) is 0.724. The van der Waals surface area contributed by atoms with Crippen molar-refractivity contribution in [1.82, 2.24) is 5.32 Å². The predicted molar refractivity (Wildman–Crippen MR) is 49.4 cm³/mol. The molecule has 3 nitrogen and oxygen atoms in total. The maximum atomic E-state index is 12.2. The Labute approximate surface area is 78.6 Å². The number of halogens is 1. The molecule has 13 heavy (non-hydrogen) atoms. The van der Waals surface area contributed by atoms with Gasteiger partial charge in [0.15, 0.2) is 0 Å². The van der Waals surface area contributed by atoms with Gasteiger partial charge in [-0.2, -0.15) is 0 Å². The van der Waals surface area contributed by atoms with Gasteiger partial charge < -0.3 is 10.1 Å². The second-order valence-electron chi connectivity index (χ2n) is 3.91. The van der Waals surface area contributed by atoms with Gasteiger partial charge >= 0.3 is 6.09 Å². The topological polar surface area (TPSA) is 38.3 Å². The van der Waals surface area contributed by atoms with E-state index in [1.807, 2.05) is 6.92 Å². The Kier molecular flexibility index (Phi) is 4.73. The molecule has 4 heteroatoms. The molecule has 0 aliphatic rings. The minimum atomic E-state index is -0.560. The van der Waals surface area contributed by atoms with Crippen LogP contribution in [-0.2, 0) is 4.74 Å². The smallest absolute Gasteiger partial charge is 0.407 e. The maximum absolute atomic E-state index is 12.2. The van der Waals surface area contributed by atoms with Crippen LogP contribution in [0.4, 0.5) is 9.18 Å². The SMILES string of the molecule is CCC(CF)NC(=O)OC(C)(C)C. The Morgan fingerprint density at radius 3 is 2.38 bits per heavy atom. The number of nitrogens with one attached hydrogen (secondary N) is 1. The fraction of sp³-hybridized carbons (Fsp3) is 0.889. The molecule has 0 rings (SSSR count). The molecule has 0 aliphatic heterocycles. The number of carbonyl (C=O) groups excluding carboxylic acids is 1. The predicted octanol–water partition coefficient (Wildman–Crippen LogP) is 2.26. The first-order valence-corrected chi connectivity index (χ1v) is 4.44. The first-order chi connectivity index (χ1) is 5.89. The third-order valence-corrected chi connectivity index (χ3v) is 1.40. The summed E-state index contributed by atoms with van der Waals surface area (Å²) in [5.74, 6) is 0. The molecule has 0 spiro atoms. The highest BCUT2D eigenvalue weighted by Gasteiger charge is 2.18. The van der Waals surface area contributed by atoms with E-state index in [-0.39, 0.29) is 0 Å². The standard InChI is InChI=1S/C9H18FNO2/c1-5-7(6-10)11-8(12)13-9(2,3)4/h7H,5-6H2,1-4H3,(H,11,12). The summed E-state index contributed by atoms with van der Waals surface area (Å²) in [4.78, 5) is 11.1. The third-order valence-electron chi connectivity index (χ3n) is 1.40. The number of alkyl carbamates (subject to hydrolysis) is 1. The molecule has 78 valence electrons. The molecular weight excluding hydrogens is 173 g/mol. The average molecular weight is 191 g/mol. The normalized spacial score (nSPS) is 13.6. The highest BCUT2D eigenvalue weighted by Crippen LogP contribution is 2.07. The number of amides is 1. The quantitative estimate of drug-likeness (QED) is 0.743. The van der Waals surface area contributed by atoms with Crippen LogP contribution in [0.3, 0.4) is 0 Å². The largest absolute Gasteiger partial charge is 0.444 e. The summed E-state index contributed by atoms with van der Waals surface area (Å²) in [6.45, 7) is 6.55. The summed E-state index contributed by atoms with van der Waals surface area (Å²) < 4.78 is 17.1. The molecule has 0 fully saturated rings. The van der Waals surface area contributed by atoms with E-state index in [0.29, 0.717) is 6.42 Å². The molecular formula is C9H18FNO2. The molecule has 1 unspecified atom stereocenters. The van der Waals surface area contributed by atoms with Crippen LogP contribution < -0.4 is 5.32 Å². The van der Waals surface area contributed by atoms with Crippen LogP contribution in [0.15, 0.2) is 0 Å². The molecule has 0 radical (unpaired) electrons. The molecule has 0 aromatic heterocycles. The number of hydrogen-bond acceptors (Lipinski definition) is 2. The van der Waals surface area contributed by atoms with Gasteiger partial charge in [-0.15, -0.1) is 0 Å². The van der Waals surface area contributed by atoms with Crippen molar-refractivity contribution in [3.63, 3.8) is 0 Å². The molecule has 0 saturated carbocycles. The third kappa shape index (κ3) is 6.37. The number of ether oxygens (including phenoxy) is 1. The van der Waals surface area contributed by atoms with Crippen LogP contribution in [0.5, 0.6) is 0 Å². The molecule has 0 bridgehead atoms. The van der Waals surface area contributed by atoms with Gasteiger partial charge in [0.25, 0.3) is 0 Å². The van der Waals surface area contributed by atoms with Crippen molar-refractivity contribution in [3.05, 3.63) is 0 Å². The van der Waals surface area contributed by atoms with Crippen LogP contribution in [0.25, 0.3) is 0 Å². The van der Waals surface area contributed by atoms with Crippen LogP contribution in [-0.4, -0.2) is 24.4 Å². The summed E-state index contributed by atoms with van der Waals surface area (Å²) in [5.41, 5.74) is -0.529. The van der Waals surface area contributed by atoms with Crippen LogP contribution >= 0.6 is 0 Å². The Balaban J connectivity index is 3.86. The lowest BCUT2D eigenvalue weighted by atomic mass is 10.2. The van der Waals surface area contributed by atoms with E-state index in [1.54, 1.807) is 20.8 Å². The van der Waals surface area contributed by atoms with Crippen molar-refractivity contribution < 1.29 is 13.9 Å². The zero-order chi connectivity index (χ0) is 10.5. The fourth-order valence-electron chi connectivity index (χ4n) is 0.724. The Bertz CT molecular complexity index is 161. The van der Waals surface area contributed by atoms with E-state index in [1.165, 1.54) is 0 Å². The second-order valence-corrected chi connectivity index (χ2v) is 3.91. The maximum Gasteiger partial charge on any atom is 0.407 e. The Hall–Kier alpha value is -0.800. The minimum Gasteiger partial charge on any atom is -0.444 e. The van der Waals surface area contributed by atoms with E-state index in [0.717, 1.165) is 0 Å². The van der Waals surface area contributed by atoms with Crippen molar-refractivity contribution in [1.29, 1.82) is 0 Å². The molecule has 1 N–H and O–H groups in total. The van der Waals surface area contributed by atoms with Gasteiger partial charge in [-0.3, -0.25) is 0 Å². The van der Waals surface area contributed by atoms with Gasteiger partial charge in [-0.25, -0.2) is 9.18 Å². The van der Waals surface area contributed by atoms with Crippen molar-refractivity contribution >= 4 is 6.09 Å². The molecule has 1 amide bonds. The number of alkyl halides is 1. The lowest BCUT2D eigenvalue weighted by Crippen LogP contribution is -2.39.